The van der Waals surface area contributed by atoms with E-state index >= 15 is 0 Å². The van der Waals surface area contributed by atoms with Crippen LogP contribution in [0, 0.1) is 0 Å². The Kier molecular flexibility index (Phi) is 6.47. The van der Waals surface area contributed by atoms with Gasteiger partial charge in [-0.2, -0.15) is 18.3 Å². The van der Waals surface area contributed by atoms with Crippen LogP contribution in [0.1, 0.15) is 40.8 Å². The first-order valence-electron chi connectivity index (χ1n) is 10.5. The first-order valence-corrected chi connectivity index (χ1v) is 10.5. The van der Waals surface area contributed by atoms with Gasteiger partial charge in [0.15, 0.2) is 6.04 Å². The number of aromatic nitrogens is 2. The van der Waals surface area contributed by atoms with Crippen molar-refractivity contribution in [1.82, 2.24) is 20.0 Å². The fourth-order valence-electron chi connectivity index (χ4n) is 4.06. The zero-order chi connectivity index (χ0) is 21.8. The van der Waals surface area contributed by atoms with Crippen LogP contribution in [0.15, 0.2) is 36.5 Å². The molecule has 1 saturated heterocycles. The Morgan fingerprint density at radius 1 is 1.23 bits per heavy atom. The van der Waals surface area contributed by atoms with Gasteiger partial charge in [-0.1, -0.05) is 30.3 Å². The van der Waals surface area contributed by atoms with Crippen molar-refractivity contribution in [3.05, 3.63) is 47.7 Å². The van der Waals surface area contributed by atoms with Crippen molar-refractivity contribution in [1.29, 1.82) is 0 Å². The summed E-state index contributed by atoms with van der Waals surface area (Å²) in [5.41, 5.74) is 0.863. The van der Waals surface area contributed by atoms with Gasteiger partial charge in [0, 0.05) is 26.1 Å². The van der Waals surface area contributed by atoms with Crippen molar-refractivity contribution in [3.8, 4) is 0 Å². The molecule has 0 aliphatic carbocycles. The molecule has 1 aromatic carbocycles. The number of carbonyl (C=O) groups excluding carboxylic acids is 1. The monoisotopic (exact) mass is 437 g/mol. The van der Waals surface area contributed by atoms with Crippen molar-refractivity contribution < 1.29 is 22.7 Å². The number of hydrogen-bond donors (Lipinski definition) is 2. The fraction of sp³-hybridized carbons (Fsp3) is 0.524. The minimum absolute atomic E-state index is 0.105. The molecule has 2 aromatic rings. The Balaban J connectivity index is 1.45. The highest BCUT2D eigenvalue weighted by Gasteiger charge is 2.47. The van der Waals surface area contributed by atoms with Crippen LogP contribution in [-0.2, 0) is 4.74 Å². The Bertz CT molecular complexity index is 881. The lowest BCUT2D eigenvalue weighted by Gasteiger charge is -2.34. The molecule has 2 aliphatic rings. The molecule has 4 rings (SSSR count). The fourth-order valence-corrected chi connectivity index (χ4v) is 4.06. The van der Waals surface area contributed by atoms with Crippen molar-refractivity contribution in [2.45, 2.75) is 31.1 Å². The summed E-state index contributed by atoms with van der Waals surface area (Å²) in [7, 11) is 0. The van der Waals surface area contributed by atoms with Gasteiger partial charge in [0.1, 0.15) is 11.4 Å². The van der Waals surface area contributed by atoms with Crippen LogP contribution in [0.25, 0.3) is 0 Å². The average molecular weight is 437 g/mol. The Morgan fingerprint density at radius 3 is 2.68 bits per heavy atom. The number of nitrogens with one attached hydrogen (secondary N) is 2. The van der Waals surface area contributed by atoms with Crippen LogP contribution in [0.5, 0.6) is 0 Å². The van der Waals surface area contributed by atoms with E-state index in [1.54, 1.807) is 24.3 Å². The number of nitrogens with zero attached hydrogens (tertiary/aromatic N) is 3. The molecule has 31 heavy (non-hydrogen) atoms. The number of benzene rings is 1. The van der Waals surface area contributed by atoms with Crippen LogP contribution >= 0.6 is 0 Å². The van der Waals surface area contributed by atoms with Crippen LogP contribution in [0.4, 0.5) is 19.0 Å². The highest BCUT2D eigenvalue weighted by Crippen LogP contribution is 2.44. The predicted molar refractivity (Wildman–Crippen MR) is 109 cm³/mol. The van der Waals surface area contributed by atoms with E-state index in [1.807, 2.05) is 6.07 Å². The molecule has 2 aliphatic heterocycles. The average Bonchev–Trinajstić information content (AvgIpc) is 3.20. The molecule has 0 radical (unpaired) electrons. The van der Waals surface area contributed by atoms with Crippen LogP contribution in [-0.4, -0.2) is 66.2 Å². The van der Waals surface area contributed by atoms with E-state index in [-0.39, 0.29) is 17.8 Å². The molecule has 1 aromatic heterocycles. The quantitative estimate of drug-likeness (QED) is 0.680. The highest BCUT2D eigenvalue weighted by atomic mass is 19.4. The zero-order valence-electron chi connectivity index (χ0n) is 17.1. The first-order chi connectivity index (χ1) is 14.9. The summed E-state index contributed by atoms with van der Waals surface area (Å²) in [4.78, 5) is 15.0. The van der Waals surface area contributed by atoms with Gasteiger partial charge in [0.05, 0.1) is 25.5 Å². The predicted octanol–water partition coefficient (Wildman–Crippen LogP) is 3.00. The maximum absolute atomic E-state index is 13.7. The molecular formula is C21H26F3N5O2. The van der Waals surface area contributed by atoms with Gasteiger partial charge in [0.25, 0.3) is 5.91 Å². The second-order valence-corrected chi connectivity index (χ2v) is 7.82. The number of alkyl halides is 3. The van der Waals surface area contributed by atoms with Crippen molar-refractivity contribution in [3.63, 3.8) is 0 Å². The largest absolute Gasteiger partial charge is 0.410 e. The van der Waals surface area contributed by atoms with Gasteiger partial charge in [-0.15, -0.1) is 0 Å². The second kappa shape index (κ2) is 9.27. The summed E-state index contributed by atoms with van der Waals surface area (Å²) < 4.78 is 47.4. The Morgan fingerprint density at radius 2 is 1.97 bits per heavy atom. The number of halogens is 3. The van der Waals surface area contributed by atoms with Crippen LogP contribution in [0.3, 0.4) is 0 Å². The van der Waals surface area contributed by atoms with Crippen molar-refractivity contribution in [2.75, 3.05) is 44.7 Å². The minimum Gasteiger partial charge on any atom is -0.379 e. The Labute approximate surface area is 178 Å². The molecule has 7 nitrogen and oxygen atoms in total. The third-order valence-electron chi connectivity index (χ3n) is 5.73. The van der Waals surface area contributed by atoms with Gasteiger partial charge in [0.2, 0.25) is 0 Å². The van der Waals surface area contributed by atoms with Gasteiger partial charge in [-0.05, 0) is 18.5 Å². The lowest BCUT2D eigenvalue weighted by atomic mass is 9.96. The number of hydrogen-bond acceptors (Lipinski definition) is 5. The summed E-state index contributed by atoms with van der Waals surface area (Å²) in [6, 6.07) is 6.58. The third-order valence-corrected chi connectivity index (χ3v) is 5.73. The van der Waals surface area contributed by atoms with E-state index in [0.29, 0.717) is 19.8 Å². The third kappa shape index (κ3) is 5.01. The summed E-state index contributed by atoms with van der Waals surface area (Å²) in [6.07, 6.45) is -2.70. The van der Waals surface area contributed by atoms with Crippen molar-refractivity contribution in [2.24, 2.45) is 0 Å². The molecule has 0 bridgehead atoms. The van der Waals surface area contributed by atoms with E-state index in [9.17, 15) is 18.0 Å². The number of ether oxygens (including phenoxy) is 1. The summed E-state index contributed by atoms with van der Waals surface area (Å²) in [5.74, 6) is -0.321. The standard InChI is InChI=1S/C21H26F3N5O2/c22-21(23,24)18-13-17(15-5-2-1-3-6-15)27-19-16(14-26-29(18)19)20(30)25-7-4-8-28-9-11-31-12-10-28/h1-3,5-6,14,17-18,27H,4,7-13H2,(H,25,30)/t17-,18+/m0/s1. The SMILES string of the molecule is O=C(NCCCN1CCOCC1)c1cnn2c1N[C@H](c1ccccc1)C[C@@H]2C(F)(F)F. The van der Waals surface area contributed by atoms with Gasteiger partial charge < -0.3 is 15.4 Å². The van der Waals surface area contributed by atoms with E-state index in [1.165, 1.54) is 6.20 Å². The molecule has 3 heterocycles. The summed E-state index contributed by atoms with van der Waals surface area (Å²) >= 11 is 0. The molecule has 1 fully saturated rings. The van der Waals surface area contributed by atoms with Gasteiger partial charge in [-0.3, -0.25) is 9.69 Å². The van der Waals surface area contributed by atoms with Crippen LogP contribution < -0.4 is 10.6 Å². The summed E-state index contributed by atoms with van der Waals surface area (Å²) in [5, 5.41) is 9.82. The smallest absolute Gasteiger partial charge is 0.379 e. The van der Waals surface area contributed by atoms with E-state index in [2.05, 4.69) is 20.6 Å². The molecule has 0 spiro atoms. The molecule has 1 amide bonds. The molecular weight excluding hydrogens is 411 g/mol. The number of anilines is 1. The molecule has 0 unspecified atom stereocenters. The normalized spacial score (nSPS) is 21.9. The highest BCUT2D eigenvalue weighted by molar-refractivity contribution is 5.98. The van der Waals surface area contributed by atoms with E-state index in [0.717, 1.165) is 36.3 Å². The number of amides is 1. The second-order valence-electron chi connectivity index (χ2n) is 7.82. The molecule has 168 valence electrons. The molecule has 0 saturated carbocycles. The van der Waals surface area contributed by atoms with Crippen molar-refractivity contribution >= 4 is 11.7 Å². The van der Waals surface area contributed by atoms with Gasteiger partial charge in [-0.25, -0.2) is 4.68 Å². The zero-order valence-corrected chi connectivity index (χ0v) is 17.1. The number of carbonyl (C=O) groups is 1. The molecule has 2 atom stereocenters. The number of morpholine rings is 1. The maximum atomic E-state index is 13.7. The summed E-state index contributed by atoms with van der Waals surface area (Å²) in [6.45, 7) is 4.43. The minimum atomic E-state index is -4.47. The first kappa shape index (κ1) is 21.6. The molecule has 10 heteroatoms. The number of fused-ring (bicyclic) bond motifs is 1. The van der Waals surface area contributed by atoms with Crippen LogP contribution in [0.2, 0.25) is 0 Å². The van der Waals surface area contributed by atoms with E-state index < -0.39 is 24.2 Å². The van der Waals surface area contributed by atoms with E-state index in [4.69, 9.17) is 4.74 Å². The number of rotatable bonds is 6. The lowest BCUT2D eigenvalue weighted by molar-refractivity contribution is -0.173. The lowest BCUT2D eigenvalue weighted by Crippen LogP contribution is -2.38. The maximum Gasteiger partial charge on any atom is 0.410 e. The molecule has 2 N–H and O–H groups in total. The van der Waals surface area contributed by atoms with Gasteiger partial charge >= 0.3 is 6.18 Å². The topological polar surface area (TPSA) is 71.4 Å². The Hall–Kier alpha value is -2.59.